The molecule has 0 saturated carbocycles. The molecule has 0 radical (unpaired) electrons. The first-order chi connectivity index (χ1) is 14.6. The highest BCUT2D eigenvalue weighted by Crippen LogP contribution is 2.31. The zero-order valence-electron chi connectivity index (χ0n) is 17.8. The third-order valence-electron chi connectivity index (χ3n) is 5.36. The summed E-state index contributed by atoms with van der Waals surface area (Å²) in [5, 5.41) is 0. The lowest BCUT2D eigenvalue weighted by Gasteiger charge is -2.23. The van der Waals surface area contributed by atoms with Gasteiger partial charge in [0.25, 0.3) is 11.5 Å². The van der Waals surface area contributed by atoms with Crippen molar-refractivity contribution in [2.75, 3.05) is 34.3 Å². The van der Waals surface area contributed by atoms with Gasteiger partial charge < -0.3 is 10.6 Å². The van der Waals surface area contributed by atoms with Crippen molar-refractivity contribution in [3.8, 4) is 0 Å². The Morgan fingerprint density at radius 1 is 1.26 bits per heavy atom. The Morgan fingerprint density at radius 3 is 2.58 bits per heavy atom. The Morgan fingerprint density at radius 2 is 1.97 bits per heavy atom. The zero-order chi connectivity index (χ0) is 22.9. The summed E-state index contributed by atoms with van der Waals surface area (Å²) in [6.45, 7) is 4.48. The number of aromatic amines is 1. The van der Waals surface area contributed by atoms with Gasteiger partial charge in [-0.2, -0.15) is 0 Å². The van der Waals surface area contributed by atoms with E-state index in [9.17, 15) is 22.8 Å². The molecule has 1 amide bonds. The molecule has 3 N–H and O–H groups in total. The minimum Gasteiger partial charge on any atom is -0.383 e. The van der Waals surface area contributed by atoms with Gasteiger partial charge in [0.05, 0.1) is 11.9 Å². The number of nitrogen functional groups attached to an aromatic ring is 1. The molecular formula is C20H27N5O5S. The molecule has 1 aromatic heterocycles. The number of rotatable bonds is 7. The van der Waals surface area contributed by atoms with Crippen molar-refractivity contribution in [2.45, 2.75) is 39.7 Å². The summed E-state index contributed by atoms with van der Waals surface area (Å²) in [5.74, 6) is -0.511. The summed E-state index contributed by atoms with van der Waals surface area (Å²) in [6, 6.07) is 4.77. The molecule has 2 aromatic rings. The molecule has 0 spiro atoms. The van der Waals surface area contributed by atoms with Gasteiger partial charge in [0.1, 0.15) is 5.82 Å². The highest BCUT2D eigenvalue weighted by Gasteiger charge is 2.29. The Bertz CT molecular complexity index is 1230. The van der Waals surface area contributed by atoms with Crippen LogP contribution in [0.5, 0.6) is 0 Å². The van der Waals surface area contributed by atoms with E-state index in [4.69, 9.17) is 5.73 Å². The highest BCUT2D eigenvalue weighted by molar-refractivity contribution is 7.92. The number of amides is 1. The van der Waals surface area contributed by atoms with E-state index >= 15 is 0 Å². The Labute approximate surface area is 180 Å². The number of unbranched alkanes of at least 4 members (excludes halogenated alkanes) is 1. The van der Waals surface area contributed by atoms with E-state index in [1.54, 1.807) is 19.1 Å². The second-order valence-electron chi connectivity index (χ2n) is 7.48. The van der Waals surface area contributed by atoms with Gasteiger partial charge in [0.15, 0.2) is 5.69 Å². The monoisotopic (exact) mass is 449 g/mol. The summed E-state index contributed by atoms with van der Waals surface area (Å²) >= 11 is 0. The molecule has 168 valence electrons. The van der Waals surface area contributed by atoms with E-state index in [0.717, 1.165) is 18.2 Å². The van der Waals surface area contributed by atoms with E-state index in [0.29, 0.717) is 37.2 Å². The van der Waals surface area contributed by atoms with Gasteiger partial charge in [0.2, 0.25) is 10.0 Å². The van der Waals surface area contributed by atoms with Crippen LogP contribution in [0.2, 0.25) is 0 Å². The van der Waals surface area contributed by atoms with Crippen LogP contribution >= 0.6 is 0 Å². The van der Waals surface area contributed by atoms with Crippen LogP contribution in [0, 0.1) is 0 Å². The summed E-state index contributed by atoms with van der Waals surface area (Å²) in [7, 11) is -3.40. The molecular weight excluding hydrogens is 422 g/mol. The molecule has 31 heavy (non-hydrogen) atoms. The molecule has 0 aliphatic carbocycles. The predicted octanol–water partition coefficient (Wildman–Crippen LogP) is 0.908. The standard InChI is InChI=1S/C20H27N5O5S/c1-4-6-10-24-17(21)16(18(26)22-20(24)28)23(5-2)19(27)14-7-8-15-13(12-14)9-11-25(15)31(3,29)30/h7-8,12H,4-6,9-11,21H2,1-3H3,(H,22,26,28). The molecule has 3 rings (SSSR count). The van der Waals surface area contributed by atoms with Crippen molar-refractivity contribution < 1.29 is 13.2 Å². The molecule has 0 bridgehead atoms. The second kappa shape index (κ2) is 8.58. The van der Waals surface area contributed by atoms with Crippen molar-refractivity contribution in [3.63, 3.8) is 0 Å². The predicted molar refractivity (Wildman–Crippen MR) is 120 cm³/mol. The fraction of sp³-hybridized carbons (Fsp3) is 0.450. The van der Waals surface area contributed by atoms with Gasteiger partial charge >= 0.3 is 5.69 Å². The summed E-state index contributed by atoms with van der Waals surface area (Å²) in [5.41, 5.74) is 6.34. The SMILES string of the molecule is CCCCn1c(N)c(N(CC)C(=O)c2ccc3c(c2)CCN3S(C)(=O)=O)c(=O)[nH]c1=O. The number of H-pyrrole nitrogens is 1. The van der Waals surface area contributed by atoms with Crippen molar-refractivity contribution in [1.29, 1.82) is 0 Å². The number of fused-ring (bicyclic) bond motifs is 1. The first kappa shape index (κ1) is 22.6. The number of anilines is 3. The van der Waals surface area contributed by atoms with Gasteiger partial charge in [0, 0.05) is 25.2 Å². The number of sulfonamides is 1. The molecule has 1 aliphatic rings. The number of aromatic nitrogens is 2. The van der Waals surface area contributed by atoms with Crippen LogP contribution in [0.3, 0.4) is 0 Å². The van der Waals surface area contributed by atoms with E-state index < -0.39 is 27.2 Å². The lowest BCUT2D eigenvalue weighted by Crippen LogP contribution is -2.41. The number of carbonyl (C=O) groups is 1. The smallest absolute Gasteiger partial charge is 0.330 e. The van der Waals surface area contributed by atoms with E-state index in [-0.39, 0.29) is 18.1 Å². The van der Waals surface area contributed by atoms with Crippen LogP contribution in [-0.4, -0.2) is 43.2 Å². The molecule has 11 heteroatoms. The van der Waals surface area contributed by atoms with E-state index in [1.165, 1.54) is 19.8 Å². The van der Waals surface area contributed by atoms with Crippen LogP contribution in [0.15, 0.2) is 27.8 Å². The number of benzene rings is 1. The quantitative estimate of drug-likeness (QED) is 0.644. The molecule has 2 heterocycles. The van der Waals surface area contributed by atoms with Crippen molar-refractivity contribution in [1.82, 2.24) is 9.55 Å². The summed E-state index contributed by atoms with van der Waals surface area (Å²) in [4.78, 5) is 41.5. The summed E-state index contributed by atoms with van der Waals surface area (Å²) < 4.78 is 26.4. The molecule has 0 unspecified atom stereocenters. The lowest BCUT2D eigenvalue weighted by atomic mass is 10.1. The molecule has 10 nitrogen and oxygen atoms in total. The number of nitrogens with two attached hydrogens (primary N) is 1. The first-order valence-electron chi connectivity index (χ1n) is 10.1. The minimum absolute atomic E-state index is 0.0539. The van der Waals surface area contributed by atoms with Crippen molar-refractivity contribution in [3.05, 3.63) is 50.2 Å². The number of nitrogens with one attached hydrogen (secondary N) is 1. The maximum absolute atomic E-state index is 13.3. The highest BCUT2D eigenvalue weighted by atomic mass is 32.2. The number of hydrogen-bond donors (Lipinski definition) is 2. The normalized spacial score (nSPS) is 13.3. The van der Waals surface area contributed by atoms with E-state index in [1.807, 2.05) is 6.92 Å². The van der Waals surface area contributed by atoms with Crippen molar-refractivity contribution >= 4 is 33.1 Å². The maximum Gasteiger partial charge on any atom is 0.330 e. The Hall–Kier alpha value is -3.08. The topological polar surface area (TPSA) is 139 Å². The Balaban J connectivity index is 2.02. The molecule has 0 atom stereocenters. The van der Waals surface area contributed by atoms with Gasteiger partial charge in [-0.05, 0) is 43.5 Å². The molecule has 0 fully saturated rings. The average Bonchev–Trinajstić information content (AvgIpc) is 3.14. The average molecular weight is 450 g/mol. The molecule has 1 aromatic carbocycles. The van der Waals surface area contributed by atoms with Crippen LogP contribution in [0.1, 0.15) is 42.6 Å². The number of hydrogen-bond acceptors (Lipinski definition) is 6. The minimum atomic E-state index is -3.40. The molecule has 1 aliphatic heterocycles. The Kier molecular flexibility index (Phi) is 6.25. The lowest BCUT2D eigenvalue weighted by molar-refractivity contribution is 0.0988. The largest absolute Gasteiger partial charge is 0.383 e. The van der Waals surface area contributed by atoms with Crippen LogP contribution < -0.4 is 26.2 Å². The fourth-order valence-electron chi connectivity index (χ4n) is 3.78. The van der Waals surface area contributed by atoms with Gasteiger partial charge in [-0.15, -0.1) is 0 Å². The fourth-order valence-corrected chi connectivity index (χ4v) is 4.74. The summed E-state index contributed by atoms with van der Waals surface area (Å²) in [6.07, 6.45) is 3.15. The second-order valence-corrected chi connectivity index (χ2v) is 9.38. The third kappa shape index (κ3) is 4.22. The maximum atomic E-state index is 13.3. The van der Waals surface area contributed by atoms with Gasteiger partial charge in [-0.25, -0.2) is 13.2 Å². The van der Waals surface area contributed by atoms with Crippen LogP contribution in [-0.2, 0) is 23.0 Å². The van der Waals surface area contributed by atoms with Gasteiger partial charge in [-0.1, -0.05) is 13.3 Å². The molecule has 0 saturated heterocycles. The third-order valence-corrected chi connectivity index (χ3v) is 6.54. The number of carbonyl (C=O) groups excluding carboxylic acids is 1. The number of nitrogens with zero attached hydrogens (tertiary/aromatic N) is 3. The van der Waals surface area contributed by atoms with Crippen LogP contribution in [0.25, 0.3) is 0 Å². The van der Waals surface area contributed by atoms with Crippen molar-refractivity contribution in [2.24, 2.45) is 0 Å². The van der Waals surface area contributed by atoms with Gasteiger partial charge in [-0.3, -0.25) is 23.4 Å². The zero-order valence-corrected chi connectivity index (χ0v) is 18.7. The van der Waals surface area contributed by atoms with Crippen LogP contribution in [0.4, 0.5) is 17.2 Å². The van der Waals surface area contributed by atoms with E-state index in [2.05, 4.69) is 4.98 Å². The first-order valence-corrected chi connectivity index (χ1v) is 12.0.